The minimum atomic E-state index is -4.42. The standard InChI is InChI=1S/C11H12F3NO2/c1-2-17-10(16)15-7-8-5-3-4-6-9(8)11(12,13)14/h3-6H,2,7H2,1H3,(H,15,16). The first-order chi connectivity index (χ1) is 7.95. The second kappa shape index (κ2) is 5.56. The third kappa shape index (κ3) is 3.97. The van der Waals surface area contributed by atoms with Crippen LogP contribution in [0.5, 0.6) is 0 Å². The smallest absolute Gasteiger partial charge is 0.416 e. The molecule has 1 amide bonds. The quantitative estimate of drug-likeness (QED) is 0.891. The zero-order valence-electron chi connectivity index (χ0n) is 9.17. The summed E-state index contributed by atoms with van der Waals surface area (Å²) in [5, 5.41) is 2.25. The van der Waals surface area contributed by atoms with Crippen LogP contribution in [0.3, 0.4) is 0 Å². The normalized spacial score (nSPS) is 11.1. The summed E-state index contributed by atoms with van der Waals surface area (Å²) < 4.78 is 42.3. The predicted octanol–water partition coefficient (Wildman–Crippen LogP) is 2.95. The molecule has 1 N–H and O–H groups in total. The topological polar surface area (TPSA) is 38.3 Å². The van der Waals surface area contributed by atoms with Gasteiger partial charge in [-0.05, 0) is 18.6 Å². The Morgan fingerprint density at radius 3 is 2.59 bits per heavy atom. The fourth-order valence-electron chi connectivity index (χ4n) is 1.30. The Hall–Kier alpha value is -1.72. The molecule has 0 bridgehead atoms. The molecule has 0 aliphatic carbocycles. The van der Waals surface area contributed by atoms with Crippen LogP contribution in [0.25, 0.3) is 0 Å². The first-order valence-electron chi connectivity index (χ1n) is 5.01. The number of carbonyl (C=O) groups excluding carboxylic acids is 1. The van der Waals surface area contributed by atoms with Crippen LogP contribution in [-0.4, -0.2) is 12.7 Å². The average molecular weight is 247 g/mol. The van der Waals surface area contributed by atoms with Crippen molar-refractivity contribution in [1.29, 1.82) is 0 Å². The first kappa shape index (κ1) is 13.3. The summed E-state index contributed by atoms with van der Waals surface area (Å²) >= 11 is 0. The van der Waals surface area contributed by atoms with Crippen molar-refractivity contribution in [2.24, 2.45) is 0 Å². The van der Waals surface area contributed by atoms with Gasteiger partial charge in [0.1, 0.15) is 0 Å². The fraction of sp³-hybridized carbons (Fsp3) is 0.364. The summed E-state index contributed by atoms with van der Waals surface area (Å²) in [5.74, 6) is 0. The summed E-state index contributed by atoms with van der Waals surface area (Å²) in [7, 11) is 0. The van der Waals surface area contributed by atoms with Gasteiger partial charge in [-0.15, -0.1) is 0 Å². The van der Waals surface area contributed by atoms with E-state index in [4.69, 9.17) is 0 Å². The minimum Gasteiger partial charge on any atom is -0.450 e. The van der Waals surface area contributed by atoms with Gasteiger partial charge in [-0.25, -0.2) is 4.79 Å². The molecule has 0 saturated carbocycles. The van der Waals surface area contributed by atoms with Crippen LogP contribution in [0, 0.1) is 0 Å². The molecule has 94 valence electrons. The molecule has 0 aliphatic heterocycles. The third-order valence-corrected chi connectivity index (χ3v) is 2.02. The fourth-order valence-corrected chi connectivity index (χ4v) is 1.30. The van der Waals surface area contributed by atoms with Gasteiger partial charge in [0, 0.05) is 6.54 Å². The number of nitrogens with one attached hydrogen (secondary N) is 1. The van der Waals surface area contributed by atoms with E-state index in [-0.39, 0.29) is 18.7 Å². The number of halogens is 3. The van der Waals surface area contributed by atoms with Gasteiger partial charge in [0.05, 0.1) is 12.2 Å². The number of benzene rings is 1. The van der Waals surface area contributed by atoms with Gasteiger partial charge in [0.2, 0.25) is 0 Å². The molecule has 0 atom stereocenters. The van der Waals surface area contributed by atoms with E-state index in [2.05, 4.69) is 10.1 Å². The number of alkyl carbamates (subject to hydrolysis) is 1. The maximum absolute atomic E-state index is 12.6. The lowest BCUT2D eigenvalue weighted by Crippen LogP contribution is -2.25. The Bertz CT molecular complexity index is 391. The van der Waals surface area contributed by atoms with Crippen LogP contribution in [0.15, 0.2) is 24.3 Å². The second-order valence-corrected chi connectivity index (χ2v) is 3.23. The van der Waals surface area contributed by atoms with Gasteiger partial charge in [0.25, 0.3) is 0 Å². The molecule has 1 aromatic rings. The number of carbonyl (C=O) groups is 1. The highest BCUT2D eigenvalue weighted by atomic mass is 19.4. The zero-order chi connectivity index (χ0) is 12.9. The van der Waals surface area contributed by atoms with Crippen LogP contribution in [0.4, 0.5) is 18.0 Å². The van der Waals surface area contributed by atoms with Crippen LogP contribution < -0.4 is 5.32 Å². The Labute approximate surface area is 96.6 Å². The molecule has 0 spiro atoms. The molecule has 0 aliphatic rings. The third-order valence-electron chi connectivity index (χ3n) is 2.02. The lowest BCUT2D eigenvalue weighted by molar-refractivity contribution is -0.138. The van der Waals surface area contributed by atoms with Gasteiger partial charge in [-0.3, -0.25) is 0 Å². The highest BCUT2D eigenvalue weighted by Crippen LogP contribution is 2.31. The van der Waals surface area contributed by atoms with Crippen molar-refractivity contribution in [3.63, 3.8) is 0 Å². The van der Waals surface area contributed by atoms with Crippen molar-refractivity contribution in [2.75, 3.05) is 6.61 Å². The second-order valence-electron chi connectivity index (χ2n) is 3.23. The van der Waals surface area contributed by atoms with Crippen LogP contribution >= 0.6 is 0 Å². The van der Waals surface area contributed by atoms with Crippen LogP contribution in [-0.2, 0) is 17.5 Å². The Balaban J connectivity index is 2.74. The van der Waals surface area contributed by atoms with Crippen molar-refractivity contribution in [3.05, 3.63) is 35.4 Å². The van der Waals surface area contributed by atoms with E-state index in [1.165, 1.54) is 18.2 Å². The molecule has 6 heteroatoms. The van der Waals surface area contributed by atoms with Crippen LogP contribution in [0.1, 0.15) is 18.1 Å². The van der Waals surface area contributed by atoms with Crippen molar-refractivity contribution in [2.45, 2.75) is 19.6 Å². The van der Waals surface area contributed by atoms with Crippen molar-refractivity contribution in [3.8, 4) is 0 Å². The first-order valence-corrected chi connectivity index (χ1v) is 5.01. The molecule has 0 unspecified atom stereocenters. The van der Waals surface area contributed by atoms with E-state index in [1.54, 1.807) is 6.92 Å². The van der Waals surface area contributed by atoms with Gasteiger partial charge < -0.3 is 10.1 Å². The monoisotopic (exact) mass is 247 g/mol. The Kier molecular flexibility index (Phi) is 4.37. The molecule has 0 saturated heterocycles. The minimum absolute atomic E-state index is 0.00746. The molecule has 0 radical (unpaired) electrons. The number of rotatable bonds is 3. The van der Waals surface area contributed by atoms with E-state index in [1.807, 2.05) is 0 Å². The predicted molar refractivity (Wildman–Crippen MR) is 55.3 cm³/mol. The highest BCUT2D eigenvalue weighted by Gasteiger charge is 2.32. The summed E-state index contributed by atoms with van der Waals surface area (Å²) in [4.78, 5) is 11.0. The Morgan fingerprint density at radius 2 is 2.00 bits per heavy atom. The van der Waals surface area contributed by atoms with Crippen molar-refractivity contribution >= 4 is 6.09 Å². The van der Waals surface area contributed by atoms with E-state index < -0.39 is 17.8 Å². The number of hydrogen-bond acceptors (Lipinski definition) is 2. The van der Waals surface area contributed by atoms with Gasteiger partial charge >= 0.3 is 12.3 Å². The van der Waals surface area contributed by atoms with E-state index in [0.29, 0.717) is 0 Å². The van der Waals surface area contributed by atoms with Crippen LogP contribution in [0.2, 0.25) is 0 Å². The highest BCUT2D eigenvalue weighted by molar-refractivity contribution is 5.67. The average Bonchev–Trinajstić information content (AvgIpc) is 2.26. The summed E-state index contributed by atoms with van der Waals surface area (Å²) in [6, 6.07) is 5.07. The summed E-state index contributed by atoms with van der Waals surface area (Å²) in [5.41, 5.74) is -0.746. The lowest BCUT2D eigenvalue weighted by Gasteiger charge is -2.12. The maximum Gasteiger partial charge on any atom is 0.416 e. The van der Waals surface area contributed by atoms with E-state index >= 15 is 0 Å². The largest absolute Gasteiger partial charge is 0.450 e. The molecule has 0 fully saturated rings. The number of hydrogen-bond donors (Lipinski definition) is 1. The van der Waals surface area contributed by atoms with Gasteiger partial charge in [-0.2, -0.15) is 13.2 Å². The number of alkyl halides is 3. The molecule has 0 aromatic heterocycles. The van der Waals surface area contributed by atoms with Crippen molar-refractivity contribution < 1.29 is 22.7 Å². The summed E-state index contributed by atoms with van der Waals surface area (Å²) in [6.45, 7) is 1.57. The van der Waals surface area contributed by atoms with E-state index in [9.17, 15) is 18.0 Å². The van der Waals surface area contributed by atoms with E-state index in [0.717, 1.165) is 6.07 Å². The number of amides is 1. The van der Waals surface area contributed by atoms with Gasteiger partial charge in [-0.1, -0.05) is 18.2 Å². The lowest BCUT2D eigenvalue weighted by atomic mass is 10.1. The van der Waals surface area contributed by atoms with Crippen molar-refractivity contribution in [1.82, 2.24) is 5.32 Å². The SMILES string of the molecule is CCOC(=O)NCc1ccccc1C(F)(F)F. The molecule has 1 aromatic carbocycles. The van der Waals surface area contributed by atoms with Gasteiger partial charge in [0.15, 0.2) is 0 Å². The molecule has 1 rings (SSSR count). The molecular formula is C11H12F3NO2. The molecule has 0 heterocycles. The maximum atomic E-state index is 12.6. The summed E-state index contributed by atoms with van der Waals surface area (Å²) in [6.07, 6.45) is -5.16. The molecule has 17 heavy (non-hydrogen) atoms. The molecular weight excluding hydrogens is 235 g/mol. The molecule has 3 nitrogen and oxygen atoms in total. The Morgan fingerprint density at radius 1 is 1.35 bits per heavy atom. The zero-order valence-corrected chi connectivity index (χ0v) is 9.17. The number of ether oxygens (including phenoxy) is 1.